The zero-order chi connectivity index (χ0) is 12.8. The van der Waals surface area contributed by atoms with Gasteiger partial charge in [-0.2, -0.15) is 0 Å². The van der Waals surface area contributed by atoms with Gasteiger partial charge >= 0.3 is 0 Å². The smallest absolute Gasteiger partial charge is 0.162 e. The fourth-order valence-corrected chi connectivity index (χ4v) is 1.96. The molecule has 0 radical (unpaired) electrons. The van der Waals surface area contributed by atoms with Gasteiger partial charge in [0, 0.05) is 19.6 Å². The Labute approximate surface area is 106 Å². The summed E-state index contributed by atoms with van der Waals surface area (Å²) < 4.78 is 24.0. The fraction of sp³-hybridized carbons (Fsp3) is 0.500. The van der Waals surface area contributed by atoms with Crippen LogP contribution in [-0.2, 0) is 20.7 Å². The molecule has 1 fully saturated rings. The van der Waals surface area contributed by atoms with Crippen molar-refractivity contribution >= 4 is 5.78 Å². The molecule has 0 amide bonds. The molecule has 3 nitrogen and oxygen atoms in total. The van der Waals surface area contributed by atoms with Crippen molar-refractivity contribution in [2.24, 2.45) is 0 Å². The number of carbonyl (C=O) groups excluding carboxylic acids is 1. The summed E-state index contributed by atoms with van der Waals surface area (Å²) in [4.78, 5) is 11.7. The molecule has 98 valence electrons. The molecule has 0 aromatic heterocycles. The molecule has 18 heavy (non-hydrogen) atoms. The molecule has 2 rings (SSSR count). The number of carbonyl (C=O) groups is 1. The lowest BCUT2D eigenvalue weighted by molar-refractivity contribution is -0.127. The van der Waals surface area contributed by atoms with Gasteiger partial charge in [0.05, 0.1) is 6.10 Å². The van der Waals surface area contributed by atoms with Gasteiger partial charge in [0.15, 0.2) is 5.78 Å². The standard InChI is InChI=1S/C14H17FO3/c15-14-4-2-1-3-11(14)9-12(16)10-18-13-5-7-17-8-6-13/h1-4,13H,5-10H2. The first-order valence-electron chi connectivity index (χ1n) is 6.20. The summed E-state index contributed by atoms with van der Waals surface area (Å²) in [5.41, 5.74) is 0.429. The minimum atomic E-state index is -0.336. The Morgan fingerprint density at radius 1 is 1.33 bits per heavy atom. The van der Waals surface area contributed by atoms with E-state index in [0.29, 0.717) is 18.8 Å². The minimum absolute atomic E-state index is 0.0546. The SMILES string of the molecule is O=C(COC1CCOCC1)Cc1ccccc1F. The largest absolute Gasteiger partial charge is 0.381 e. The van der Waals surface area contributed by atoms with Crippen LogP contribution in [-0.4, -0.2) is 31.7 Å². The average Bonchev–Trinajstić information content (AvgIpc) is 2.40. The Kier molecular flexibility index (Phi) is 4.84. The van der Waals surface area contributed by atoms with E-state index >= 15 is 0 Å². The van der Waals surface area contributed by atoms with Gasteiger partial charge in [-0.25, -0.2) is 4.39 Å². The highest BCUT2D eigenvalue weighted by Crippen LogP contribution is 2.11. The highest BCUT2D eigenvalue weighted by Gasteiger charge is 2.16. The molecule has 0 spiro atoms. The third-order valence-electron chi connectivity index (χ3n) is 2.99. The van der Waals surface area contributed by atoms with E-state index in [1.807, 2.05) is 0 Å². The number of ether oxygens (including phenoxy) is 2. The maximum atomic E-state index is 13.3. The Balaban J connectivity index is 1.76. The summed E-state index contributed by atoms with van der Waals surface area (Å²) in [6.07, 6.45) is 1.85. The van der Waals surface area contributed by atoms with E-state index in [0.717, 1.165) is 12.8 Å². The molecule has 1 aromatic rings. The molecular formula is C14H17FO3. The van der Waals surface area contributed by atoms with Crippen LogP contribution >= 0.6 is 0 Å². The molecule has 1 aromatic carbocycles. The lowest BCUT2D eigenvalue weighted by Crippen LogP contribution is -2.26. The maximum absolute atomic E-state index is 13.3. The lowest BCUT2D eigenvalue weighted by atomic mass is 10.1. The number of hydrogen-bond donors (Lipinski definition) is 0. The summed E-state index contributed by atoms with van der Waals surface area (Å²) in [5, 5.41) is 0. The average molecular weight is 252 g/mol. The van der Waals surface area contributed by atoms with Gasteiger partial charge in [0.2, 0.25) is 0 Å². The topological polar surface area (TPSA) is 35.5 Å². The lowest BCUT2D eigenvalue weighted by Gasteiger charge is -2.21. The predicted octanol–water partition coefficient (Wildman–Crippen LogP) is 2.13. The second-order valence-corrected chi connectivity index (χ2v) is 4.43. The van der Waals surface area contributed by atoms with Crippen molar-refractivity contribution in [1.82, 2.24) is 0 Å². The van der Waals surface area contributed by atoms with E-state index in [1.54, 1.807) is 18.2 Å². The predicted molar refractivity (Wildman–Crippen MR) is 64.9 cm³/mol. The van der Waals surface area contributed by atoms with Crippen LogP contribution in [0.4, 0.5) is 4.39 Å². The molecular weight excluding hydrogens is 235 g/mol. The molecule has 0 unspecified atom stereocenters. The van der Waals surface area contributed by atoms with Gasteiger partial charge < -0.3 is 9.47 Å². The molecule has 1 aliphatic rings. The Bertz CT molecular complexity index is 400. The van der Waals surface area contributed by atoms with Gasteiger partial charge in [0.25, 0.3) is 0 Å². The van der Waals surface area contributed by atoms with E-state index in [9.17, 15) is 9.18 Å². The summed E-state index contributed by atoms with van der Waals surface area (Å²) in [7, 11) is 0. The van der Waals surface area contributed by atoms with E-state index in [-0.39, 0.29) is 30.7 Å². The van der Waals surface area contributed by atoms with Crippen molar-refractivity contribution in [2.45, 2.75) is 25.4 Å². The fourth-order valence-electron chi connectivity index (χ4n) is 1.96. The molecule has 1 saturated heterocycles. The summed E-state index contributed by atoms with van der Waals surface area (Å²) in [6, 6.07) is 6.33. The van der Waals surface area contributed by atoms with Crippen LogP contribution in [0.5, 0.6) is 0 Å². The normalized spacial score (nSPS) is 16.7. The zero-order valence-corrected chi connectivity index (χ0v) is 10.2. The summed E-state index contributed by atoms with van der Waals surface area (Å²) in [6.45, 7) is 1.43. The Hall–Kier alpha value is -1.26. The molecule has 0 N–H and O–H groups in total. The van der Waals surface area contributed by atoms with E-state index in [4.69, 9.17) is 9.47 Å². The maximum Gasteiger partial charge on any atom is 0.162 e. The molecule has 0 aliphatic carbocycles. The second kappa shape index (κ2) is 6.61. The molecule has 0 bridgehead atoms. The van der Waals surface area contributed by atoms with Crippen LogP contribution in [0.25, 0.3) is 0 Å². The quantitative estimate of drug-likeness (QED) is 0.805. The van der Waals surface area contributed by atoms with E-state index in [2.05, 4.69) is 0 Å². The van der Waals surface area contributed by atoms with Gasteiger partial charge in [-0.3, -0.25) is 4.79 Å². The number of benzene rings is 1. The highest BCUT2D eigenvalue weighted by atomic mass is 19.1. The van der Waals surface area contributed by atoms with Crippen molar-refractivity contribution in [3.8, 4) is 0 Å². The van der Waals surface area contributed by atoms with Crippen molar-refractivity contribution in [3.05, 3.63) is 35.6 Å². The molecule has 0 atom stereocenters. The molecule has 4 heteroatoms. The van der Waals surface area contributed by atoms with Crippen LogP contribution in [0.2, 0.25) is 0 Å². The van der Waals surface area contributed by atoms with Gasteiger partial charge in [0.1, 0.15) is 12.4 Å². The number of rotatable bonds is 5. The second-order valence-electron chi connectivity index (χ2n) is 4.43. The first-order chi connectivity index (χ1) is 8.75. The first-order valence-corrected chi connectivity index (χ1v) is 6.20. The number of halogens is 1. The van der Waals surface area contributed by atoms with Crippen LogP contribution < -0.4 is 0 Å². The van der Waals surface area contributed by atoms with Gasteiger partial charge in [-0.1, -0.05) is 18.2 Å². The monoisotopic (exact) mass is 252 g/mol. The first kappa shape index (κ1) is 13.2. The van der Waals surface area contributed by atoms with Crippen LogP contribution in [0.3, 0.4) is 0 Å². The third-order valence-corrected chi connectivity index (χ3v) is 2.99. The number of ketones is 1. The van der Waals surface area contributed by atoms with Crippen LogP contribution in [0, 0.1) is 5.82 Å². The van der Waals surface area contributed by atoms with E-state index < -0.39 is 0 Å². The number of Topliss-reactive ketones (excluding diaryl/α,β-unsaturated/α-hetero) is 1. The Morgan fingerprint density at radius 2 is 2.06 bits per heavy atom. The van der Waals surface area contributed by atoms with E-state index in [1.165, 1.54) is 6.07 Å². The van der Waals surface area contributed by atoms with Crippen LogP contribution in [0.1, 0.15) is 18.4 Å². The van der Waals surface area contributed by atoms with Gasteiger partial charge in [-0.15, -0.1) is 0 Å². The summed E-state index contributed by atoms with van der Waals surface area (Å²) in [5.74, 6) is -0.427. The molecule has 1 aliphatic heterocycles. The van der Waals surface area contributed by atoms with Gasteiger partial charge in [-0.05, 0) is 24.5 Å². The zero-order valence-electron chi connectivity index (χ0n) is 10.2. The Morgan fingerprint density at radius 3 is 2.78 bits per heavy atom. The molecule has 0 saturated carbocycles. The summed E-state index contributed by atoms with van der Waals surface area (Å²) >= 11 is 0. The third kappa shape index (κ3) is 3.89. The van der Waals surface area contributed by atoms with Crippen LogP contribution in [0.15, 0.2) is 24.3 Å². The van der Waals surface area contributed by atoms with Crippen molar-refractivity contribution < 1.29 is 18.7 Å². The minimum Gasteiger partial charge on any atom is -0.381 e. The number of hydrogen-bond acceptors (Lipinski definition) is 3. The van der Waals surface area contributed by atoms with Crippen molar-refractivity contribution in [3.63, 3.8) is 0 Å². The molecule has 1 heterocycles. The highest BCUT2D eigenvalue weighted by molar-refractivity contribution is 5.82. The van der Waals surface area contributed by atoms with Crippen molar-refractivity contribution in [2.75, 3.05) is 19.8 Å². The van der Waals surface area contributed by atoms with Crippen molar-refractivity contribution in [1.29, 1.82) is 0 Å².